The Morgan fingerprint density at radius 3 is 2.22 bits per heavy atom. The van der Waals surface area contributed by atoms with E-state index < -0.39 is 28.5 Å². The van der Waals surface area contributed by atoms with Crippen molar-refractivity contribution in [2.45, 2.75) is 62.6 Å². The molecule has 0 aromatic heterocycles. The molecule has 1 aliphatic rings. The number of methoxy groups -OCH3 is 2. The van der Waals surface area contributed by atoms with E-state index in [0.717, 1.165) is 41.1 Å². The third kappa shape index (κ3) is 8.74. The third-order valence-corrected chi connectivity index (χ3v) is 11.0. The zero-order valence-corrected chi connectivity index (χ0v) is 29.5. The number of benzene rings is 4. The molecule has 0 saturated heterocycles. The Balaban J connectivity index is 1.62. The highest BCUT2D eigenvalue weighted by molar-refractivity contribution is 7.92. The molecule has 0 aliphatic heterocycles. The SMILES string of the molecule is COc1ccc(OC)c(N(CC(=O)N(Cc2ccccc2Cl)C(Cc2ccccc2)C(=O)NC2CCCC2)S(=O)(=O)c2ccc(C)cc2)c1. The number of aryl methyl sites for hydroxylation is 1. The Labute approximate surface area is 293 Å². The highest BCUT2D eigenvalue weighted by Crippen LogP contribution is 2.36. The van der Waals surface area contributed by atoms with E-state index in [1.54, 1.807) is 42.5 Å². The van der Waals surface area contributed by atoms with Gasteiger partial charge in [0.2, 0.25) is 11.8 Å². The van der Waals surface area contributed by atoms with E-state index in [9.17, 15) is 18.0 Å². The summed E-state index contributed by atoms with van der Waals surface area (Å²) >= 11 is 6.62. The van der Waals surface area contributed by atoms with Gasteiger partial charge in [0.1, 0.15) is 24.1 Å². The Bertz CT molecular complexity index is 1850. The normalized spacial score (nSPS) is 13.8. The van der Waals surface area contributed by atoms with E-state index in [1.165, 1.54) is 37.3 Å². The van der Waals surface area contributed by atoms with Gasteiger partial charge in [0.25, 0.3) is 10.0 Å². The van der Waals surface area contributed by atoms with E-state index in [0.29, 0.717) is 16.3 Å². The van der Waals surface area contributed by atoms with Gasteiger partial charge in [-0.05, 0) is 61.2 Å². The van der Waals surface area contributed by atoms with Crippen LogP contribution >= 0.6 is 11.6 Å². The fourth-order valence-corrected chi connectivity index (χ4v) is 7.69. The van der Waals surface area contributed by atoms with Crippen LogP contribution in [0.4, 0.5) is 5.69 Å². The Morgan fingerprint density at radius 2 is 1.57 bits per heavy atom. The molecule has 1 atom stereocenters. The topological polar surface area (TPSA) is 105 Å². The molecule has 2 amide bonds. The summed E-state index contributed by atoms with van der Waals surface area (Å²) < 4.78 is 41.0. The van der Waals surface area contributed by atoms with E-state index in [2.05, 4.69) is 5.32 Å². The third-order valence-electron chi connectivity index (χ3n) is 8.81. The average molecular weight is 704 g/mol. The first kappa shape index (κ1) is 35.8. The van der Waals surface area contributed by atoms with Crippen molar-refractivity contribution in [3.05, 3.63) is 119 Å². The standard InChI is InChI=1S/C38H42ClN3O6S/c1-27-17-20-32(21-18-27)49(45,46)42(34-24-31(47-2)19-22-36(34)48-3)26-37(43)41(25-29-13-7-10-16-33(29)39)35(23-28-11-5-4-6-12-28)38(44)40-30-14-8-9-15-30/h4-7,10-13,16-22,24,30,35H,8-9,14-15,23,25-26H2,1-3H3,(H,40,44). The quantitative estimate of drug-likeness (QED) is 0.160. The molecule has 1 saturated carbocycles. The molecular weight excluding hydrogens is 662 g/mol. The second-order valence-corrected chi connectivity index (χ2v) is 14.4. The molecule has 4 aromatic carbocycles. The summed E-state index contributed by atoms with van der Waals surface area (Å²) in [6, 6.07) is 26.8. The molecule has 0 spiro atoms. The largest absolute Gasteiger partial charge is 0.497 e. The van der Waals surface area contributed by atoms with Crippen molar-refractivity contribution >= 4 is 39.1 Å². The number of carbonyl (C=O) groups excluding carboxylic acids is 2. The van der Waals surface area contributed by atoms with Crippen LogP contribution in [0, 0.1) is 6.92 Å². The fourth-order valence-electron chi connectivity index (χ4n) is 6.07. The summed E-state index contributed by atoms with van der Waals surface area (Å²) in [5.41, 5.74) is 2.47. The van der Waals surface area contributed by atoms with Crippen LogP contribution in [-0.2, 0) is 32.6 Å². The predicted octanol–water partition coefficient (Wildman–Crippen LogP) is 6.56. The fraction of sp³-hybridized carbons (Fsp3) is 0.316. The summed E-state index contributed by atoms with van der Waals surface area (Å²) in [4.78, 5) is 30.5. The first-order valence-corrected chi connectivity index (χ1v) is 18.1. The summed E-state index contributed by atoms with van der Waals surface area (Å²) in [6.07, 6.45) is 3.97. The first-order valence-electron chi connectivity index (χ1n) is 16.3. The number of carbonyl (C=O) groups is 2. The number of anilines is 1. The Hall–Kier alpha value is -4.54. The molecule has 4 aromatic rings. The van der Waals surface area contributed by atoms with E-state index in [1.807, 2.05) is 43.3 Å². The lowest BCUT2D eigenvalue weighted by Gasteiger charge is -2.34. The van der Waals surface area contributed by atoms with Crippen molar-refractivity contribution < 1.29 is 27.5 Å². The molecule has 5 rings (SSSR count). The molecular formula is C38H42ClN3O6S. The number of halogens is 1. The van der Waals surface area contributed by atoms with Crippen LogP contribution in [0.5, 0.6) is 11.5 Å². The predicted molar refractivity (Wildman–Crippen MR) is 192 cm³/mol. The average Bonchev–Trinajstić information content (AvgIpc) is 3.62. The zero-order valence-electron chi connectivity index (χ0n) is 28.0. The van der Waals surface area contributed by atoms with Crippen LogP contribution in [0.15, 0.2) is 102 Å². The van der Waals surface area contributed by atoms with E-state index in [4.69, 9.17) is 21.1 Å². The maximum Gasteiger partial charge on any atom is 0.264 e. The molecule has 49 heavy (non-hydrogen) atoms. The van der Waals surface area contributed by atoms with Gasteiger partial charge in [0.15, 0.2) is 0 Å². The van der Waals surface area contributed by atoms with Crippen LogP contribution in [0.3, 0.4) is 0 Å². The summed E-state index contributed by atoms with van der Waals surface area (Å²) in [5, 5.41) is 3.61. The summed E-state index contributed by atoms with van der Waals surface area (Å²) in [7, 11) is -1.44. The monoisotopic (exact) mass is 703 g/mol. The van der Waals surface area contributed by atoms with Crippen LogP contribution < -0.4 is 19.1 Å². The minimum atomic E-state index is -4.34. The number of ether oxygens (including phenoxy) is 2. The van der Waals surface area contributed by atoms with Gasteiger partial charge in [-0.3, -0.25) is 13.9 Å². The van der Waals surface area contributed by atoms with Gasteiger partial charge in [-0.2, -0.15) is 0 Å². The smallest absolute Gasteiger partial charge is 0.264 e. The highest BCUT2D eigenvalue weighted by Gasteiger charge is 2.36. The number of nitrogens with one attached hydrogen (secondary N) is 1. The lowest BCUT2D eigenvalue weighted by atomic mass is 10.0. The number of hydrogen-bond acceptors (Lipinski definition) is 6. The number of hydrogen-bond donors (Lipinski definition) is 1. The summed E-state index contributed by atoms with van der Waals surface area (Å²) in [6.45, 7) is 1.20. The minimum Gasteiger partial charge on any atom is -0.497 e. The lowest BCUT2D eigenvalue weighted by Crippen LogP contribution is -2.54. The molecule has 11 heteroatoms. The number of sulfonamides is 1. The van der Waals surface area contributed by atoms with Gasteiger partial charge in [0, 0.05) is 30.1 Å². The van der Waals surface area contributed by atoms with Gasteiger partial charge in [-0.15, -0.1) is 0 Å². The second-order valence-electron chi connectivity index (χ2n) is 12.2. The highest BCUT2D eigenvalue weighted by atomic mass is 35.5. The lowest BCUT2D eigenvalue weighted by molar-refractivity contribution is -0.140. The minimum absolute atomic E-state index is 0.00231. The van der Waals surface area contributed by atoms with E-state index in [-0.39, 0.29) is 41.2 Å². The molecule has 258 valence electrons. The second kappa shape index (κ2) is 16.2. The number of nitrogens with zero attached hydrogens (tertiary/aromatic N) is 2. The van der Waals surface area contributed by atoms with Crippen molar-refractivity contribution in [1.29, 1.82) is 0 Å². The molecule has 0 heterocycles. The van der Waals surface area contributed by atoms with Gasteiger partial charge in [-0.1, -0.05) is 90.7 Å². The van der Waals surface area contributed by atoms with Crippen molar-refractivity contribution in [1.82, 2.24) is 10.2 Å². The molecule has 0 bridgehead atoms. The van der Waals surface area contributed by atoms with Gasteiger partial charge >= 0.3 is 0 Å². The van der Waals surface area contributed by atoms with Crippen molar-refractivity contribution in [2.24, 2.45) is 0 Å². The Kier molecular flexibility index (Phi) is 11.9. The number of rotatable bonds is 14. The molecule has 1 aliphatic carbocycles. The molecule has 9 nitrogen and oxygen atoms in total. The first-order chi connectivity index (χ1) is 23.6. The molecule has 1 fully saturated rings. The number of amides is 2. The van der Waals surface area contributed by atoms with Crippen LogP contribution in [0.1, 0.15) is 42.4 Å². The van der Waals surface area contributed by atoms with Gasteiger partial charge < -0.3 is 19.7 Å². The van der Waals surface area contributed by atoms with Crippen LogP contribution in [0.25, 0.3) is 0 Å². The van der Waals surface area contributed by atoms with E-state index >= 15 is 0 Å². The summed E-state index contributed by atoms with van der Waals surface area (Å²) in [5.74, 6) is -0.300. The maximum absolute atomic E-state index is 14.8. The van der Waals surface area contributed by atoms with Crippen LogP contribution in [0.2, 0.25) is 5.02 Å². The molecule has 1 N–H and O–H groups in total. The molecule has 0 radical (unpaired) electrons. The van der Waals surface area contributed by atoms with Crippen molar-refractivity contribution in [2.75, 3.05) is 25.1 Å². The van der Waals surface area contributed by atoms with Gasteiger partial charge in [0.05, 0.1) is 24.8 Å². The molecule has 1 unspecified atom stereocenters. The maximum atomic E-state index is 14.8. The zero-order chi connectivity index (χ0) is 35.0. The van der Waals surface area contributed by atoms with Crippen LogP contribution in [-0.4, -0.2) is 58.0 Å². The van der Waals surface area contributed by atoms with Crippen molar-refractivity contribution in [3.63, 3.8) is 0 Å². The van der Waals surface area contributed by atoms with Crippen molar-refractivity contribution in [3.8, 4) is 11.5 Å². The Morgan fingerprint density at radius 1 is 0.898 bits per heavy atom. The van der Waals surface area contributed by atoms with Gasteiger partial charge in [-0.25, -0.2) is 8.42 Å².